The number of aromatic nitrogens is 3. The highest BCUT2D eigenvalue weighted by Gasteiger charge is 2.04. The van der Waals surface area contributed by atoms with E-state index in [4.69, 9.17) is 23.2 Å². The molecule has 8 heteroatoms. The van der Waals surface area contributed by atoms with Crippen molar-refractivity contribution in [2.75, 3.05) is 6.54 Å². The molecule has 134 valence electrons. The van der Waals surface area contributed by atoms with E-state index in [0.717, 1.165) is 17.1 Å². The molecular formula is C18H17Cl2N5O. The number of carbonyl (C=O) groups excluding carboxylic acids is 1. The molecule has 2 heterocycles. The van der Waals surface area contributed by atoms with Crippen LogP contribution in [0.4, 0.5) is 4.79 Å². The second-order valence-corrected chi connectivity index (χ2v) is 6.36. The van der Waals surface area contributed by atoms with Crippen LogP contribution in [0.5, 0.6) is 0 Å². The maximum Gasteiger partial charge on any atom is 0.315 e. The Hall–Kier alpha value is -2.57. The quantitative estimate of drug-likeness (QED) is 0.676. The van der Waals surface area contributed by atoms with Gasteiger partial charge in [-0.15, -0.1) is 0 Å². The molecule has 0 aliphatic rings. The van der Waals surface area contributed by atoms with Crippen LogP contribution in [-0.4, -0.2) is 27.3 Å². The summed E-state index contributed by atoms with van der Waals surface area (Å²) >= 11 is 11.8. The van der Waals surface area contributed by atoms with E-state index < -0.39 is 0 Å². The monoisotopic (exact) mass is 389 g/mol. The second-order valence-electron chi connectivity index (χ2n) is 5.55. The zero-order valence-electron chi connectivity index (χ0n) is 13.8. The Morgan fingerprint density at radius 3 is 2.73 bits per heavy atom. The number of halogens is 2. The fourth-order valence-electron chi connectivity index (χ4n) is 2.34. The van der Waals surface area contributed by atoms with Gasteiger partial charge in [-0.25, -0.2) is 14.5 Å². The average molecular weight is 390 g/mol. The van der Waals surface area contributed by atoms with Crippen LogP contribution in [-0.2, 0) is 13.0 Å². The van der Waals surface area contributed by atoms with Gasteiger partial charge in [-0.1, -0.05) is 35.3 Å². The SMILES string of the molecule is O=C(NCCc1cccc(-n2cccn2)n1)NCc1ccc(Cl)c(Cl)c1. The second kappa shape index (κ2) is 8.69. The van der Waals surface area contributed by atoms with Crippen LogP contribution >= 0.6 is 23.2 Å². The lowest BCUT2D eigenvalue weighted by atomic mass is 10.2. The summed E-state index contributed by atoms with van der Waals surface area (Å²) in [6, 6.07) is 12.6. The molecule has 2 aromatic heterocycles. The molecule has 2 N–H and O–H groups in total. The Kier molecular flexibility index (Phi) is 6.09. The van der Waals surface area contributed by atoms with Crippen molar-refractivity contribution in [2.24, 2.45) is 0 Å². The van der Waals surface area contributed by atoms with Crippen LogP contribution in [0.2, 0.25) is 10.0 Å². The smallest absolute Gasteiger partial charge is 0.315 e. The first-order valence-corrected chi connectivity index (χ1v) is 8.79. The van der Waals surface area contributed by atoms with Gasteiger partial charge in [0.05, 0.1) is 10.0 Å². The number of rotatable bonds is 6. The first-order valence-electron chi connectivity index (χ1n) is 8.03. The first kappa shape index (κ1) is 18.2. The summed E-state index contributed by atoms with van der Waals surface area (Å²) in [5.74, 6) is 0.747. The van der Waals surface area contributed by atoms with E-state index in [1.54, 1.807) is 23.0 Å². The Balaban J connectivity index is 1.45. The Morgan fingerprint density at radius 2 is 1.96 bits per heavy atom. The van der Waals surface area contributed by atoms with Crippen molar-refractivity contribution in [1.29, 1.82) is 0 Å². The third-order valence-corrected chi connectivity index (χ3v) is 4.37. The summed E-state index contributed by atoms with van der Waals surface area (Å²) in [6.07, 6.45) is 4.16. The highest BCUT2D eigenvalue weighted by Crippen LogP contribution is 2.22. The first-order chi connectivity index (χ1) is 12.6. The number of hydrogen-bond donors (Lipinski definition) is 2. The van der Waals surface area contributed by atoms with E-state index in [1.165, 1.54) is 0 Å². The van der Waals surface area contributed by atoms with Crippen molar-refractivity contribution in [1.82, 2.24) is 25.4 Å². The zero-order chi connectivity index (χ0) is 18.4. The van der Waals surface area contributed by atoms with E-state index in [-0.39, 0.29) is 6.03 Å². The number of pyridine rings is 1. The summed E-state index contributed by atoms with van der Waals surface area (Å²) in [6.45, 7) is 0.846. The molecule has 0 saturated carbocycles. The zero-order valence-corrected chi connectivity index (χ0v) is 15.3. The van der Waals surface area contributed by atoms with Crippen molar-refractivity contribution in [3.8, 4) is 5.82 Å². The number of amides is 2. The molecule has 3 rings (SSSR count). The van der Waals surface area contributed by atoms with Gasteiger partial charge in [0.25, 0.3) is 0 Å². The molecule has 3 aromatic rings. The molecule has 0 bridgehead atoms. The van der Waals surface area contributed by atoms with Crippen LogP contribution in [0.1, 0.15) is 11.3 Å². The number of nitrogens with zero attached hydrogens (tertiary/aromatic N) is 3. The molecule has 0 atom stereocenters. The highest BCUT2D eigenvalue weighted by molar-refractivity contribution is 6.42. The van der Waals surface area contributed by atoms with E-state index in [9.17, 15) is 4.79 Å². The molecule has 0 aliphatic carbocycles. The minimum atomic E-state index is -0.251. The minimum absolute atomic E-state index is 0.251. The largest absolute Gasteiger partial charge is 0.338 e. The van der Waals surface area contributed by atoms with Crippen LogP contribution in [0.3, 0.4) is 0 Å². The standard InChI is InChI=1S/C18H17Cl2N5O/c19-15-6-5-13(11-16(15)20)12-22-18(26)21-9-7-14-3-1-4-17(24-14)25-10-2-8-23-25/h1-6,8,10-11H,7,9,12H2,(H2,21,22,26). The van der Waals surface area contributed by atoms with Crippen molar-refractivity contribution in [3.05, 3.63) is 76.2 Å². The van der Waals surface area contributed by atoms with Gasteiger partial charge >= 0.3 is 6.03 Å². The van der Waals surface area contributed by atoms with E-state index in [2.05, 4.69) is 20.7 Å². The molecule has 2 amide bonds. The third kappa shape index (κ3) is 4.97. The molecule has 1 aromatic carbocycles. The number of hydrogen-bond acceptors (Lipinski definition) is 3. The van der Waals surface area contributed by atoms with Crippen LogP contribution in [0, 0.1) is 0 Å². The number of benzene rings is 1. The van der Waals surface area contributed by atoms with Crippen LogP contribution in [0.15, 0.2) is 54.9 Å². The molecule has 0 radical (unpaired) electrons. The summed E-state index contributed by atoms with van der Waals surface area (Å²) in [7, 11) is 0. The summed E-state index contributed by atoms with van der Waals surface area (Å²) in [4.78, 5) is 16.4. The maximum atomic E-state index is 11.9. The fourth-order valence-corrected chi connectivity index (χ4v) is 2.66. The predicted molar refractivity (Wildman–Crippen MR) is 102 cm³/mol. The Bertz CT molecular complexity index is 883. The molecule has 0 saturated heterocycles. The van der Waals surface area contributed by atoms with Gasteiger partial charge in [0, 0.05) is 37.6 Å². The number of nitrogens with one attached hydrogen (secondary N) is 2. The normalized spacial score (nSPS) is 10.5. The molecule has 26 heavy (non-hydrogen) atoms. The van der Waals surface area contributed by atoms with Crippen LogP contribution in [0.25, 0.3) is 5.82 Å². The lowest BCUT2D eigenvalue weighted by Crippen LogP contribution is -2.36. The minimum Gasteiger partial charge on any atom is -0.338 e. The van der Waals surface area contributed by atoms with Crippen molar-refractivity contribution in [3.63, 3.8) is 0 Å². The maximum absolute atomic E-state index is 11.9. The number of carbonyl (C=O) groups is 1. The van der Waals surface area contributed by atoms with Gasteiger partial charge in [0.2, 0.25) is 0 Å². The average Bonchev–Trinajstić information content (AvgIpc) is 3.18. The lowest BCUT2D eigenvalue weighted by molar-refractivity contribution is 0.240. The molecule has 0 unspecified atom stereocenters. The van der Waals surface area contributed by atoms with E-state index >= 15 is 0 Å². The van der Waals surface area contributed by atoms with Gasteiger partial charge in [0.1, 0.15) is 0 Å². The lowest BCUT2D eigenvalue weighted by Gasteiger charge is -2.09. The molecular weight excluding hydrogens is 373 g/mol. The van der Waals surface area contributed by atoms with Gasteiger partial charge < -0.3 is 10.6 Å². The van der Waals surface area contributed by atoms with Gasteiger partial charge in [-0.3, -0.25) is 0 Å². The topological polar surface area (TPSA) is 71.8 Å². The van der Waals surface area contributed by atoms with E-state index in [1.807, 2.05) is 36.5 Å². The molecule has 0 fully saturated rings. The fraction of sp³-hybridized carbons (Fsp3) is 0.167. The summed E-state index contributed by atoms with van der Waals surface area (Å²) in [5.41, 5.74) is 1.76. The predicted octanol–water partition coefficient (Wildman–Crippen LogP) is 3.62. The van der Waals surface area contributed by atoms with Crippen molar-refractivity contribution in [2.45, 2.75) is 13.0 Å². The third-order valence-electron chi connectivity index (χ3n) is 3.63. The Labute approximate surface area is 161 Å². The van der Waals surface area contributed by atoms with Crippen LogP contribution < -0.4 is 10.6 Å². The Morgan fingerprint density at radius 1 is 1.08 bits per heavy atom. The highest BCUT2D eigenvalue weighted by atomic mass is 35.5. The molecule has 6 nitrogen and oxygen atoms in total. The number of urea groups is 1. The van der Waals surface area contributed by atoms with Gasteiger partial charge in [-0.05, 0) is 35.9 Å². The molecule has 0 aliphatic heterocycles. The van der Waals surface area contributed by atoms with Gasteiger partial charge in [-0.2, -0.15) is 5.10 Å². The molecule has 0 spiro atoms. The van der Waals surface area contributed by atoms with Crippen molar-refractivity contribution >= 4 is 29.2 Å². The van der Waals surface area contributed by atoms with Crippen molar-refractivity contribution < 1.29 is 4.79 Å². The van der Waals surface area contributed by atoms with Gasteiger partial charge in [0.15, 0.2) is 5.82 Å². The van der Waals surface area contributed by atoms with E-state index in [0.29, 0.717) is 29.6 Å². The summed E-state index contributed by atoms with van der Waals surface area (Å²) < 4.78 is 1.70. The summed E-state index contributed by atoms with van der Waals surface area (Å²) in [5, 5.41) is 10.7.